The number of urea groups is 1. The van der Waals surface area contributed by atoms with Crippen LogP contribution < -0.4 is 16.0 Å². The first-order valence-electron chi connectivity index (χ1n) is 8.63. The molecule has 12 heteroatoms. The Labute approximate surface area is 168 Å². The van der Waals surface area contributed by atoms with Crippen LogP contribution in [0.5, 0.6) is 0 Å². The van der Waals surface area contributed by atoms with Crippen LogP contribution in [0.15, 0.2) is 36.7 Å². The summed E-state index contributed by atoms with van der Waals surface area (Å²) >= 11 is 0. The number of rotatable bonds is 4. The van der Waals surface area contributed by atoms with E-state index in [1.165, 1.54) is 36.3 Å². The molecule has 0 saturated carbocycles. The average Bonchev–Trinajstić information content (AvgIpc) is 3.18. The molecule has 158 valence electrons. The lowest BCUT2D eigenvalue weighted by atomic mass is 10.2. The molecule has 2 aromatic heterocycles. The predicted octanol–water partition coefficient (Wildman–Crippen LogP) is 3.38. The first-order chi connectivity index (χ1) is 14.1. The summed E-state index contributed by atoms with van der Waals surface area (Å²) in [5, 5.41) is 15.4. The van der Waals surface area contributed by atoms with Crippen LogP contribution in [-0.4, -0.2) is 31.5 Å². The van der Waals surface area contributed by atoms with Crippen molar-refractivity contribution in [3.63, 3.8) is 0 Å². The molecule has 3 aromatic rings. The van der Waals surface area contributed by atoms with Gasteiger partial charge >= 0.3 is 12.2 Å². The summed E-state index contributed by atoms with van der Waals surface area (Å²) < 4.78 is 41.3. The minimum Gasteiger partial charge on any atom is -0.318 e. The maximum atomic E-state index is 12.8. The number of anilines is 3. The second-order valence-corrected chi connectivity index (χ2v) is 6.41. The second-order valence-electron chi connectivity index (χ2n) is 6.41. The van der Waals surface area contributed by atoms with E-state index in [1.807, 2.05) is 0 Å². The third-order valence-corrected chi connectivity index (χ3v) is 4.33. The Morgan fingerprint density at radius 1 is 0.967 bits per heavy atom. The number of aromatic nitrogens is 4. The molecule has 3 N–H and O–H groups in total. The summed E-state index contributed by atoms with van der Waals surface area (Å²) in [6, 6.07) is 3.37. The Morgan fingerprint density at radius 2 is 1.63 bits per heavy atom. The van der Waals surface area contributed by atoms with E-state index >= 15 is 0 Å². The van der Waals surface area contributed by atoms with Gasteiger partial charge in [0, 0.05) is 19.8 Å². The lowest BCUT2D eigenvalue weighted by molar-refractivity contribution is -0.137. The van der Waals surface area contributed by atoms with Crippen LogP contribution in [0.25, 0.3) is 0 Å². The number of carbonyl (C=O) groups excluding carboxylic acids is 2. The zero-order valence-corrected chi connectivity index (χ0v) is 16.2. The van der Waals surface area contributed by atoms with Crippen molar-refractivity contribution in [2.24, 2.45) is 14.1 Å². The summed E-state index contributed by atoms with van der Waals surface area (Å²) in [5.41, 5.74) is 0.403. The molecule has 0 radical (unpaired) electrons. The number of benzene rings is 1. The van der Waals surface area contributed by atoms with Crippen molar-refractivity contribution in [1.82, 2.24) is 19.6 Å². The van der Waals surface area contributed by atoms with E-state index in [9.17, 15) is 22.8 Å². The van der Waals surface area contributed by atoms with Gasteiger partial charge in [-0.2, -0.15) is 23.4 Å². The van der Waals surface area contributed by atoms with Crippen LogP contribution in [0.1, 0.15) is 21.7 Å². The fraction of sp³-hybridized carbons (Fsp3) is 0.222. The van der Waals surface area contributed by atoms with Gasteiger partial charge in [-0.3, -0.25) is 14.2 Å². The SMILES string of the molecule is Cc1c(NC(=O)c2c(NC(=O)Nc3cccc(C(F)(F)F)c3)cnn2C)cnn1C. The number of amides is 3. The molecular weight excluding hydrogens is 403 g/mol. The van der Waals surface area contributed by atoms with E-state index in [1.54, 1.807) is 18.7 Å². The highest BCUT2D eigenvalue weighted by Gasteiger charge is 2.30. The topological polar surface area (TPSA) is 106 Å². The van der Waals surface area contributed by atoms with Crippen LogP contribution in [0.4, 0.5) is 35.0 Å². The molecular formula is C18H18F3N7O2. The predicted molar refractivity (Wildman–Crippen MR) is 103 cm³/mol. The number of carbonyl (C=O) groups is 2. The fourth-order valence-corrected chi connectivity index (χ4v) is 2.66. The van der Waals surface area contributed by atoms with Crippen LogP contribution in [0.3, 0.4) is 0 Å². The fourth-order valence-electron chi connectivity index (χ4n) is 2.66. The molecule has 0 atom stereocenters. The number of nitrogens with zero attached hydrogens (tertiary/aromatic N) is 4. The van der Waals surface area contributed by atoms with Crippen molar-refractivity contribution in [3.8, 4) is 0 Å². The van der Waals surface area contributed by atoms with Crippen molar-refractivity contribution in [1.29, 1.82) is 0 Å². The van der Waals surface area contributed by atoms with Gasteiger partial charge in [0.1, 0.15) is 5.69 Å². The summed E-state index contributed by atoms with van der Waals surface area (Å²) in [7, 11) is 3.24. The van der Waals surface area contributed by atoms with Crippen LogP contribution in [0, 0.1) is 6.92 Å². The van der Waals surface area contributed by atoms with Gasteiger partial charge in [-0.05, 0) is 25.1 Å². The van der Waals surface area contributed by atoms with Gasteiger partial charge in [-0.25, -0.2) is 4.79 Å². The molecule has 0 aliphatic heterocycles. The quantitative estimate of drug-likeness (QED) is 0.601. The molecule has 0 bridgehead atoms. The number of hydrogen-bond acceptors (Lipinski definition) is 4. The minimum absolute atomic E-state index is 0.0526. The minimum atomic E-state index is -4.53. The molecule has 9 nitrogen and oxygen atoms in total. The Hall–Kier alpha value is -3.83. The molecule has 3 rings (SSSR count). The molecule has 0 unspecified atom stereocenters. The lowest BCUT2D eigenvalue weighted by Crippen LogP contribution is -2.23. The normalized spacial score (nSPS) is 11.3. The lowest BCUT2D eigenvalue weighted by Gasteiger charge is -2.11. The maximum Gasteiger partial charge on any atom is 0.416 e. The largest absolute Gasteiger partial charge is 0.416 e. The summed E-state index contributed by atoms with van der Waals surface area (Å²) in [5.74, 6) is -0.541. The second kappa shape index (κ2) is 7.89. The third-order valence-electron chi connectivity index (χ3n) is 4.33. The number of alkyl halides is 3. The first-order valence-corrected chi connectivity index (χ1v) is 8.63. The van der Waals surface area contributed by atoms with Gasteiger partial charge in [0.05, 0.1) is 35.0 Å². The van der Waals surface area contributed by atoms with Gasteiger partial charge in [0.25, 0.3) is 5.91 Å². The molecule has 0 spiro atoms. The van der Waals surface area contributed by atoms with E-state index in [2.05, 4.69) is 26.1 Å². The number of halogens is 3. The standard InChI is InChI=1S/C18H18F3N7O2/c1-10-13(8-22-27(10)2)25-16(29)15-14(9-23-28(15)3)26-17(30)24-12-6-4-5-11(7-12)18(19,20)21/h4-9H,1-3H3,(H,25,29)(H2,24,26,30). The van der Waals surface area contributed by atoms with E-state index in [0.717, 1.165) is 17.8 Å². The van der Waals surface area contributed by atoms with Crippen molar-refractivity contribution in [3.05, 3.63) is 53.6 Å². The van der Waals surface area contributed by atoms with E-state index < -0.39 is 23.7 Å². The first kappa shape index (κ1) is 20.9. The van der Waals surface area contributed by atoms with Crippen molar-refractivity contribution >= 4 is 29.0 Å². The zero-order valence-electron chi connectivity index (χ0n) is 16.2. The molecule has 0 fully saturated rings. The smallest absolute Gasteiger partial charge is 0.318 e. The Bertz CT molecular complexity index is 1100. The molecule has 1 aromatic carbocycles. The highest BCUT2D eigenvalue weighted by molar-refractivity contribution is 6.10. The van der Waals surface area contributed by atoms with Crippen molar-refractivity contribution in [2.45, 2.75) is 13.1 Å². The molecule has 30 heavy (non-hydrogen) atoms. The van der Waals surface area contributed by atoms with Gasteiger partial charge in [-0.15, -0.1) is 0 Å². The zero-order chi connectivity index (χ0) is 22.1. The van der Waals surface area contributed by atoms with Gasteiger partial charge < -0.3 is 16.0 Å². The molecule has 2 heterocycles. The van der Waals surface area contributed by atoms with E-state index in [4.69, 9.17) is 0 Å². The summed E-state index contributed by atoms with van der Waals surface area (Å²) in [6.45, 7) is 1.77. The Balaban J connectivity index is 1.74. The molecule has 0 aliphatic rings. The van der Waals surface area contributed by atoms with Crippen molar-refractivity contribution in [2.75, 3.05) is 16.0 Å². The number of aryl methyl sites for hydroxylation is 2. The van der Waals surface area contributed by atoms with Gasteiger partial charge in [0.15, 0.2) is 0 Å². The highest BCUT2D eigenvalue weighted by Crippen LogP contribution is 2.30. The maximum absolute atomic E-state index is 12.8. The van der Waals surface area contributed by atoms with Gasteiger partial charge in [-0.1, -0.05) is 6.07 Å². The third kappa shape index (κ3) is 4.42. The van der Waals surface area contributed by atoms with E-state index in [0.29, 0.717) is 5.69 Å². The van der Waals surface area contributed by atoms with Crippen LogP contribution >= 0.6 is 0 Å². The van der Waals surface area contributed by atoms with Gasteiger partial charge in [0.2, 0.25) is 0 Å². The summed E-state index contributed by atoms with van der Waals surface area (Å²) in [6.07, 6.45) is -1.79. The number of hydrogen-bond donors (Lipinski definition) is 3. The Morgan fingerprint density at radius 3 is 2.27 bits per heavy atom. The monoisotopic (exact) mass is 421 g/mol. The highest BCUT2D eigenvalue weighted by atomic mass is 19.4. The van der Waals surface area contributed by atoms with Crippen molar-refractivity contribution < 1.29 is 22.8 Å². The average molecular weight is 421 g/mol. The van der Waals surface area contributed by atoms with E-state index in [-0.39, 0.29) is 17.1 Å². The molecule has 0 aliphatic carbocycles. The molecule has 0 saturated heterocycles. The summed E-state index contributed by atoms with van der Waals surface area (Å²) in [4.78, 5) is 24.9. The Kier molecular flexibility index (Phi) is 5.49. The van der Waals surface area contributed by atoms with Crippen LogP contribution in [0.2, 0.25) is 0 Å². The number of nitrogens with one attached hydrogen (secondary N) is 3. The van der Waals surface area contributed by atoms with Crippen LogP contribution in [-0.2, 0) is 20.3 Å². The molecule has 3 amide bonds.